The Morgan fingerprint density at radius 3 is 1.56 bits per heavy atom. The van der Waals surface area contributed by atoms with Crippen LogP contribution in [0.3, 0.4) is 0 Å². The van der Waals surface area contributed by atoms with Gasteiger partial charge in [0.15, 0.2) is 0 Å². The van der Waals surface area contributed by atoms with Crippen LogP contribution >= 0.6 is 0 Å². The van der Waals surface area contributed by atoms with Crippen molar-refractivity contribution in [3.05, 3.63) is 22.7 Å². The Labute approximate surface area is 111 Å². The number of rotatable bonds is 0. The fourth-order valence-corrected chi connectivity index (χ4v) is 3.98. The van der Waals surface area contributed by atoms with Gasteiger partial charge in [0.25, 0.3) is 0 Å². The summed E-state index contributed by atoms with van der Waals surface area (Å²) in [6.45, 7) is 13.8. The molecule has 0 aromatic rings. The first-order chi connectivity index (χ1) is 7.10. The second-order valence-corrected chi connectivity index (χ2v) is 16.1. The van der Waals surface area contributed by atoms with E-state index in [4.69, 9.17) is 16.0 Å². The van der Waals surface area contributed by atoms with Crippen molar-refractivity contribution in [3.8, 4) is 11.1 Å². The van der Waals surface area contributed by atoms with Gasteiger partial charge in [0, 0.05) is 0 Å². The molecule has 0 fully saturated rings. The molecule has 0 bridgehead atoms. The van der Waals surface area contributed by atoms with Crippen LogP contribution in [0.5, 0.6) is 0 Å². The van der Waals surface area contributed by atoms with Gasteiger partial charge in [-0.2, -0.15) is 0 Å². The molecule has 0 heterocycles. The molecule has 0 spiro atoms. The van der Waals surface area contributed by atoms with Gasteiger partial charge in [-0.1, -0.05) is 39.3 Å². The molecule has 94 valence electrons. The van der Waals surface area contributed by atoms with Crippen LogP contribution in [-0.4, -0.2) is 16.1 Å². The predicted octanol–water partition coefficient (Wildman–Crippen LogP) is 4.12. The van der Waals surface area contributed by atoms with E-state index in [1.54, 1.807) is 0 Å². The average molecular weight is 299 g/mol. The van der Waals surface area contributed by atoms with Crippen molar-refractivity contribution in [1.29, 1.82) is 0 Å². The maximum absolute atomic E-state index is 4.93. The first-order valence-electron chi connectivity index (χ1n) is 5.62. The second-order valence-electron chi connectivity index (χ2n) is 5.95. The molecule has 0 aromatic heterocycles. The Morgan fingerprint density at radius 2 is 1.44 bits per heavy atom. The normalized spacial score (nSPS) is 14.6. The van der Waals surface area contributed by atoms with Gasteiger partial charge in [0.2, 0.25) is 0 Å². The molecule has 3 heteroatoms. The summed E-state index contributed by atoms with van der Waals surface area (Å²) in [5.74, 6) is 0. The van der Waals surface area contributed by atoms with Gasteiger partial charge < -0.3 is 0 Å². The van der Waals surface area contributed by atoms with Crippen LogP contribution in [0, 0.1) is 11.1 Å². The maximum atomic E-state index is 4.93. The summed E-state index contributed by atoms with van der Waals surface area (Å²) in [4.78, 5) is 0. The molecule has 0 aromatic carbocycles. The van der Waals surface area contributed by atoms with Crippen LogP contribution in [0.1, 0.15) is 6.42 Å². The molecule has 0 atom stereocenters. The van der Waals surface area contributed by atoms with Gasteiger partial charge in [-0.25, -0.2) is 0 Å². The molecule has 0 N–H and O–H groups in total. The van der Waals surface area contributed by atoms with Gasteiger partial charge in [-0.3, -0.25) is 0 Å². The van der Waals surface area contributed by atoms with Crippen molar-refractivity contribution < 1.29 is 16.0 Å². The van der Waals surface area contributed by atoms with E-state index in [1.165, 1.54) is 0 Å². The van der Waals surface area contributed by atoms with Crippen LogP contribution in [0.4, 0.5) is 0 Å². The summed E-state index contributed by atoms with van der Waals surface area (Å²) >= 11 is 4.93. The zero-order valence-corrected chi connectivity index (χ0v) is 14.2. The Kier molecular flexibility index (Phi) is 6.66. The average Bonchev–Trinajstić information content (AvgIpc) is 2.51. The van der Waals surface area contributed by atoms with E-state index in [9.17, 15) is 0 Å². The molecule has 0 unspecified atom stereocenters. The monoisotopic (exact) mass is 298 g/mol. The third-order valence-electron chi connectivity index (χ3n) is 1.51. The first-order valence-corrected chi connectivity index (χ1v) is 13.1. The number of hydrogen-bond acceptors (Lipinski definition) is 0. The van der Waals surface area contributed by atoms with E-state index in [2.05, 4.69) is 56.4 Å². The van der Waals surface area contributed by atoms with E-state index in [-0.39, 0.29) is 0 Å². The molecule has 1 rings (SSSR count). The van der Waals surface area contributed by atoms with Crippen LogP contribution in [0.25, 0.3) is 0 Å². The molecule has 0 radical (unpaired) electrons. The van der Waals surface area contributed by atoms with Crippen LogP contribution < -0.4 is 0 Å². The molecule has 0 nitrogen and oxygen atoms in total. The van der Waals surface area contributed by atoms with Gasteiger partial charge in [0.05, 0.1) is 0 Å². The topological polar surface area (TPSA) is 0 Å². The van der Waals surface area contributed by atoms with Gasteiger partial charge in [-0.15, -0.1) is 11.1 Å². The van der Waals surface area contributed by atoms with Gasteiger partial charge in [0.1, 0.15) is 16.1 Å². The zero-order valence-electron chi connectivity index (χ0n) is 11.2. The van der Waals surface area contributed by atoms with Gasteiger partial charge in [-0.05, 0) is 0 Å². The van der Waals surface area contributed by atoms with E-state index in [0.717, 1.165) is 10.9 Å². The molecule has 0 saturated heterocycles. The molecule has 1 aliphatic carbocycles. The van der Waals surface area contributed by atoms with E-state index in [0.29, 0.717) is 0 Å². The molecule has 0 amide bonds. The van der Waals surface area contributed by atoms with Crippen LogP contribution in [0.15, 0.2) is 22.7 Å². The molecule has 0 saturated carbocycles. The third-order valence-corrected chi connectivity index (χ3v) is 3.86. The Hall–Kier alpha value is -0.00675. The predicted molar refractivity (Wildman–Crippen MR) is 76.3 cm³/mol. The Bertz CT molecular complexity index is 312. The minimum atomic E-state index is -1.09. The fraction of sp³-hybridized carbons (Fsp3) is 0.538. The standard InChI is InChI=1S/C8H18Si2.C5H5.Cu/c1-9(2,3)7-8-10(4,5)6;1-2-4-5-3-1;/h1-6H3;1-3H,4H2;. The Balaban J connectivity index is 0.000000315. The van der Waals surface area contributed by atoms with E-state index < -0.39 is 16.1 Å². The summed E-state index contributed by atoms with van der Waals surface area (Å²) in [6, 6.07) is 0. The van der Waals surface area contributed by atoms with Crippen molar-refractivity contribution in [1.82, 2.24) is 0 Å². The molecule has 0 aliphatic heterocycles. The summed E-state index contributed by atoms with van der Waals surface area (Å²) in [7, 11) is -2.19. The van der Waals surface area contributed by atoms with Crippen LogP contribution in [0.2, 0.25) is 39.3 Å². The fourth-order valence-electron chi connectivity index (χ4n) is 0.780. The summed E-state index contributed by atoms with van der Waals surface area (Å²) in [5, 5.41) is 0. The van der Waals surface area contributed by atoms with Crippen molar-refractivity contribution >= 4 is 16.1 Å². The van der Waals surface area contributed by atoms with Crippen molar-refractivity contribution in [2.24, 2.45) is 0 Å². The van der Waals surface area contributed by atoms with Crippen molar-refractivity contribution in [3.63, 3.8) is 0 Å². The summed E-state index contributed by atoms with van der Waals surface area (Å²) in [5.41, 5.74) is 6.82. The molecule has 16 heavy (non-hydrogen) atoms. The van der Waals surface area contributed by atoms with Crippen molar-refractivity contribution in [2.75, 3.05) is 0 Å². The summed E-state index contributed by atoms with van der Waals surface area (Å²) < 4.78 is 1.03. The zero-order chi connectivity index (χ0) is 12.8. The minimum absolute atomic E-state index is 0.972. The Morgan fingerprint density at radius 1 is 1.00 bits per heavy atom. The van der Waals surface area contributed by atoms with E-state index in [1.807, 2.05) is 12.2 Å². The first kappa shape index (κ1) is 16.0. The van der Waals surface area contributed by atoms with Gasteiger partial charge >= 0.3 is 45.1 Å². The molecular weight excluding hydrogens is 276 g/mol. The second kappa shape index (κ2) is 6.66. The van der Waals surface area contributed by atoms with E-state index >= 15 is 0 Å². The molecule has 1 aliphatic rings. The summed E-state index contributed by atoms with van der Waals surface area (Å²) in [6.07, 6.45) is 6.95. The SMILES string of the molecule is C[Si](C)(C)C#C[Si](C)(C)C.[Cu][C]1=CC=CC1. The van der Waals surface area contributed by atoms with Crippen molar-refractivity contribution in [2.45, 2.75) is 45.7 Å². The third kappa shape index (κ3) is 12.1. The number of allylic oxidation sites excluding steroid dienone is 4. The molecular formula is C13H23CuSi2. The van der Waals surface area contributed by atoms with Crippen LogP contribution in [-0.2, 0) is 16.0 Å². The quantitative estimate of drug-likeness (QED) is 0.466. The number of hydrogen-bond donors (Lipinski definition) is 0.